The van der Waals surface area contributed by atoms with Crippen molar-refractivity contribution in [3.8, 4) is 0 Å². The molecule has 114 valence electrons. The smallest absolute Gasteiger partial charge is 0.0834 e. The van der Waals surface area contributed by atoms with E-state index in [1.807, 2.05) is 11.7 Å². The summed E-state index contributed by atoms with van der Waals surface area (Å²) in [5.74, 6) is 0. The van der Waals surface area contributed by atoms with Gasteiger partial charge in [-0.15, -0.1) is 0 Å². The van der Waals surface area contributed by atoms with E-state index in [-0.39, 0.29) is 6.04 Å². The second-order valence-corrected chi connectivity index (χ2v) is 5.55. The van der Waals surface area contributed by atoms with E-state index in [2.05, 4.69) is 10.4 Å². The molecule has 1 aliphatic rings. The molecule has 0 spiro atoms. The van der Waals surface area contributed by atoms with Crippen molar-refractivity contribution < 1.29 is 9.47 Å². The molecule has 0 aliphatic carbocycles. The fourth-order valence-electron chi connectivity index (χ4n) is 2.72. The standard InChI is InChI=1S/C14H24ClN3O2/c1-16-13(6-5-11-4-3-8-20-11)14-12(15)10-17-18(14)7-9-19-2/h10-11,13,16H,3-9H2,1-2H3. The van der Waals surface area contributed by atoms with Crippen LogP contribution < -0.4 is 5.32 Å². The second-order valence-electron chi connectivity index (χ2n) is 5.15. The molecule has 1 aromatic heterocycles. The maximum Gasteiger partial charge on any atom is 0.0834 e. The number of methoxy groups -OCH3 is 1. The maximum absolute atomic E-state index is 6.30. The third kappa shape index (κ3) is 3.95. The molecule has 0 bridgehead atoms. The zero-order valence-electron chi connectivity index (χ0n) is 12.3. The van der Waals surface area contributed by atoms with Gasteiger partial charge in [-0.1, -0.05) is 11.6 Å². The van der Waals surface area contributed by atoms with Gasteiger partial charge in [0.05, 0.1) is 42.2 Å². The summed E-state index contributed by atoms with van der Waals surface area (Å²) in [5.41, 5.74) is 1.05. The van der Waals surface area contributed by atoms with Crippen molar-refractivity contribution in [2.75, 3.05) is 27.4 Å². The van der Waals surface area contributed by atoms with Crippen LogP contribution in [0.25, 0.3) is 0 Å². The second kappa shape index (κ2) is 7.98. The van der Waals surface area contributed by atoms with E-state index >= 15 is 0 Å². The van der Waals surface area contributed by atoms with Gasteiger partial charge < -0.3 is 14.8 Å². The molecule has 0 aromatic carbocycles. The zero-order chi connectivity index (χ0) is 14.4. The van der Waals surface area contributed by atoms with Crippen LogP contribution in [-0.2, 0) is 16.0 Å². The topological polar surface area (TPSA) is 48.3 Å². The minimum atomic E-state index is 0.200. The molecule has 2 rings (SSSR count). The number of rotatable bonds is 8. The van der Waals surface area contributed by atoms with Crippen molar-refractivity contribution in [1.29, 1.82) is 0 Å². The van der Waals surface area contributed by atoms with E-state index in [0.29, 0.717) is 17.7 Å². The van der Waals surface area contributed by atoms with Gasteiger partial charge >= 0.3 is 0 Å². The van der Waals surface area contributed by atoms with Gasteiger partial charge in [0.1, 0.15) is 0 Å². The van der Waals surface area contributed by atoms with Crippen LogP contribution in [0.3, 0.4) is 0 Å². The predicted octanol–water partition coefficient (Wildman–Crippen LogP) is 2.40. The first-order chi connectivity index (χ1) is 9.76. The minimum absolute atomic E-state index is 0.200. The molecule has 1 saturated heterocycles. The molecular weight excluding hydrogens is 278 g/mol. The minimum Gasteiger partial charge on any atom is -0.383 e. The Balaban J connectivity index is 1.99. The van der Waals surface area contributed by atoms with E-state index in [9.17, 15) is 0 Å². The van der Waals surface area contributed by atoms with E-state index in [1.54, 1.807) is 13.3 Å². The third-order valence-corrected chi connectivity index (χ3v) is 4.11. The highest BCUT2D eigenvalue weighted by atomic mass is 35.5. The Bertz CT molecular complexity index is 405. The highest BCUT2D eigenvalue weighted by molar-refractivity contribution is 6.31. The third-order valence-electron chi connectivity index (χ3n) is 3.82. The summed E-state index contributed by atoms with van der Waals surface area (Å²) in [7, 11) is 3.65. The summed E-state index contributed by atoms with van der Waals surface area (Å²) in [4.78, 5) is 0. The van der Waals surface area contributed by atoms with Crippen LogP contribution in [0.4, 0.5) is 0 Å². The van der Waals surface area contributed by atoms with Crippen molar-refractivity contribution in [1.82, 2.24) is 15.1 Å². The molecule has 0 saturated carbocycles. The van der Waals surface area contributed by atoms with Crippen LogP contribution >= 0.6 is 11.6 Å². The molecule has 20 heavy (non-hydrogen) atoms. The fraction of sp³-hybridized carbons (Fsp3) is 0.786. The Kier molecular flexibility index (Phi) is 6.29. The van der Waals surface area contributed by atoms with Gasteiger partial charge in [-0.05, 0) is 32.7 Å². The summed E-state index contributed by atoms with van der Waals surface area (Å²) in [6.45, 7) is 2.26. The van der Waals surface area contributed by atoms with Crippen molar-refractivity contribution >= 4 is 11.6 Å². The van der Waals surface area contributed by atoms with Crippen molar-refractivity contribution in [2.45, 2.75) is 44.4 Å². The normalized spacial score (nSPS) is 20.4. The zero-order valence-corrected chi connectivity index (χ0v) is 13.0. The van der Waals surface area contributed by atoms with Gasteiger partial charge in [0, 0.05) is 13.7 Å². The first-order valence-electron chi connectivity index (χ1n) is 7.25. The molecule has 1 aromatic rings. The van der Waals surface area contributed by atoms with E-state index in [4.69, 9.17) is 21.1 Å². The lowest BCUT2D eigenvalue weighted by Gasteiger charge is -2.20. The Hall–Kier alpha value is -0.620. The van der Waals surface area contributed by atoms with Gasteiger partial charge in [-0.25, -0.2) is 0 Å². The summed E-state index contributed by atoms with van der Waals surface area (Å²) in [6.07, 6.45) is 6.52. The first kappa shape index (κ1) is 15.8. The number of aromatic nitrogens is 2. The van der Waals surface area contributed by atoms with Crippen LogP contribution in [0, 0.1) is 0 Å². The lowest BCUT2D eigenvalue weighted by Crippen LogP contribution is -2.23. The number of nitrogens with zero attached hydrogens (tertiary/aromatic N) is 2. The largest absolute Gasteiger partial charge is 0.383 e. The summed E-state index contributed by atoms with van der Waals surface area (Å²) in [6, 6.07) is 0.200. The Morgan fingerprint density at radius 1 is 1.65 bits per heavy atom. The molecule has 2 atom stereocenters. The Morgan fingerprint density at radius 2 is 2.50 bits per heavy atom. The van der Waals surface area contributed by atoms with Gasteiger partial charge in [0.2, 0.25) is 0 Å². The van der Waals surface area contributed by atoms with E-state index < -0.39 is 0 Å². The van der Waals surface area contributed by atoms with Crippen LogP contribution in [-0.4, -0.2) is 43.3 Å². The lowest BCUT2D eigenvalue weighted by molar-refractivity contribution is 0.0994. The van der Waals surface area contributed by atoms with Crippen LogP contribution in [0.2, 0.25) is 5.02 Å². The molecule has 2 heterocycles. The van der Waals surface area contributed by atoms with Gasteiger partial charge in [-0.2, -0.15) is 5.10 Å². The van der Waals surface area contributed by atoms with Gasteiger partial charge in [-0.3, -0.25) is 4.68 Å². The average molecular weight is 302 g/mol. The summed E-state index contributed by atoms with van der Waals surface area (Å²) >= 11 is 6.30. The molecule has 1 N–H and O–H groups in total. The molecular formula is C14H24ClN3O2. The number of nitrogens with one attached hydrogen (secondary N) is 1. The molecule has 0 amide bonds. The van der Waals surface area contributed by atoms with Crippen molar-refractivity contribution in [3.63, 3.8) is 0 Å². The molecule has 0 radical (unpaired) electrons. The highest BCUT2D eigenvalue weighted by Crippen LogP contribution is 2.28. The van der Waals surface area contributed by atoms with Gasteiger partial charge in [0.15, 0.2) is 0 Å². The van der Waals surface area contributed by atoms with Crippen molar-refractivity contribution in [3.05, 3.63) is 16.9 Å². The predicted molar refractivity (Wildman–Crippen MR) is 79.1 cm³/mol. The Morgan fingerprint density at radius 3 is 3.15 bits per heavy atom. The van der Waals surface area contributed by atoms with Crippen LogP contribution in [0.5, 0.6) is 0 Å². The van der Waals surface area contributed by atoms with E-state index in [0.717, 1.165) is 31.7 Å². The quantitative estimate of drug-likeness (QED) is 0.801. The summed E-state index contributed by atoms with van der Waals surface area (Å²) < 4.78 is 12.7. The Labute approximate surface area is 125 Å². The molecule has 1 aliphatic heterocycles. The molecule has 1 fully saturated rings. The summed E-state index contributed by atoms with van der Waals surface area (Å²) in [5, 5.41) is 8.40. The number of hydrogen-bond acceptors (Lipinski definition) is 4. The lowest BCUT2D eigenvalue weighted by atomic mass is 10.0. The highest BCUT2D eigenvalue weighted by Gasteiger charge is 2.22. The monoisotopic (exact) mass is 301 g/mol. The number of hydrogen-bond donors (Lipinski definition) is 1. The number of halogens is 1. The molecule has 2 unspecified atom stereocenters. The SMILES string of the molecule is CNC(CCC1CCCO1)c1c(Cl)cnn1CCOC. The molecule has 6 heteroatoms. The maximum atomic E-state index is 6.30. The van der Waals surface area contributed by atoms with Gasteiger partial charge in [0.25, 0.3) is 0 Å². The van der Waals surface area contributed by atoms with E-state index in [1.165, 1.54) is 12.8 Å². The van der Waals surface area contributed by atoms with Crippen LogP contribution in [0.1, 0.15) is 37.4 Å². The molecule has 5 nitrogen and oxygen atoms in total. The number of ether oxygens (including phenoxy) is 2. The first-order valence-corrected chi connectivity index (χ1v) is 7.63. The van der Waals surface area contributed by atoms with Crippen molar-refractivity contribution in [2.24, 2.45) is 0 Å². The average Bonchev–Trinajstić information content (AvgIpc) is 3.08. The fourth-order valence-corrected chi connectivity index (χ4v) is 2.99. The van der Waals surface area contributed by atoms with Crippen LogP contribution in [0.15, 0.2) is 6.20 Å².